The topological polar surface area (TPSA) is 36.4 Å². The Morgan fingerprint density at radius 1 is 1.47 bits per heavy atom. The van der Waals surface area contributed by atoms with Gasteiger partial charge in [0.15, 0.2) is 5.13 Å². The molecule has 0 aliphatic heterocycles. The van der Waals surface area contributed by atoms with Gasteiger partial charge in [-0.05, 0) is 25.7 Å². The third kappa shape index (κ3) is 2.99. The van der Waals surface area contributed by atoms with Crippen LogP contribution in [0, 0.1) is 5.92 Å². The maximum atomic E-state index is 9.40. The molecule has 4 heteroatoms. The summed E-state index contributed by atoms with van der Waals surface area (Å²) in [6.07, 6.45) is 2.49. The first-order chi connectivity index (χ1) is 8.15. The zero-order chi connectivity index (χ0) is 12.4. The monoisotopic (exact) mass is 254 g/mol. The Labute approximate surface area is 107 Å². The van der Waals surface area contributed by atoms with Crippen molar-refractivity contribution in [1.29, 1.82) is 0 Å². The van der Waals surface area contributed by atoms with Crippen LogP contribution in [0.25, 0.3) is 0 Å². The molecule has 0 unspecified atom stereocenters. The Kier molecular flexibility index (Phi) is 4.05. The number of hydrogen-bond acceptors (Lipinski definition) is 4. The van der Waals surface area contributed by atoms with Crippen LogP contribution in [0.2, 0.25) is 0 Å². The molecule has 1 aliphatic rings. The molecule has 0 atom stereocenters. The van der Waals surface area contributed by atoms with Gasteiger partial charge in [0.2, 0.25) is 0 Å². The number of rotatable bonds is 6. The van der Waals surface area contributed by atoms with E-state index in [9.17, 15) is 5.11 Å². The van der Waals surface area contributed by atoms with E-state index < -0.39 is 0 Å². The van der Waals surface area contributed by atoms with Gasteiger partial charge in [0.1, 0.15) is 0 Å². The minimum absolute atomic E-state index is 0.142. The third-order valence-electron chi connectivity index (χ3n) is 3.06. The molecule has 0 aromatic carbocycles. The highest BCUT2D eigenvalue weighted by Crippen LogP contribution is 2.44. The Morgan fingerprint density at radius 3 is 2.65 bits per heavy atom. The fraction of sp³-hybridized carbons (Fsp3) is 0.769. The van der Waals surface area contributed by atoms with E-state index in [-0.39, 0.29) is 6.61 Å². The second kappa shape index (κ2) is 5.36. The van der Waals surface area contributed by atoms with E-state index in [0.29, 0.717) is 11.8 Å². The van der Waals surface area contributed by atoms with E-state index in [4.69, 9.17) is 4.98 Å². The van der Waals surface area contributed by atoms with Crippen LogP contribution in [0.4, 0.5) is 5.13 Å². The quantitative estimate of drug-likeness (QED) is 0.848. The van der Waals surface area contributed by atoms with Gasteiger partial charge in [-0.25, -0.2) is 4.98 Å². The van der Waals surface area contributed by atoms with Crippen molar-refractivity contribution in [2.45, 2.75) is 46.1 Å². The average Bonchev–Trinajstić information content (AvgIpc) is 3.05. The Bertz CT molecular complexity index is 371. The predicted octanol–water partition coefficient (Wildman–Crippen LogP) is 3.00. The molecule has 0 saturated heterocycles. The van der Waals surface area contributed by atoms with E-state index in [1.165, 1.54) is 12.8 Å². The van der Waals surface area contributed by atoms with E-state index in [0.717, 1.165) is 28.8 Å². The molecule has 17 heavy (non-hydrogen) atoms. The lowest BCUT2D eigenvalue weighted by molar-refractivity contribution is 0.284. The molecular weight excluding hydrogens is 232 g/mol. The molecule has 3 nitrogen and oxygen atoms in total. The molecule has 2 rings (SSSR count). The van der Waals surface area contributed by atoms with Crippen LogP contribution >= 0.6 is 11.3 Å². The molecule has 0 radical (unpaired) electrons. The summed E-state index contributed by atoms with van der Waals surface area (Å²) < 4.78 is 0. The van der Waals surface area contributed by atoms with Gasteiger partial charge in [0, 0.05) is 19.0 Å². The van der Waals surface area contributed by atoms with Gasteiger partial charge < -0.3 is 10.0 Å². The fourth-order valence-corrected chi connectivity index (χ4v) is 3.14. The molecule has 1 aliphatic carbocycles. The highest BCUT2D eigenvalue weighted by atomic mass is 32.1. The van der Waals surface area contributed by atoms with Crippen molar-refractivity contribution in [3.8, 4) is 0 Å². The van der Waals surface area contributed by atoms with Crippen LogP contribution in [0.1, 0.15) is 50.1 Å². The number of aliphatic hydroxyl groups excluding tert-OH is 1. The van der Waals surface area contributed by atoms with Gasteiger partial charge in [0.05, 0.1) is 17.2 Å². The van der Waals surface area contributed by atoms with Gasteiger partial charge in [-0.2, -0.15) is 0 Å². The van der Waals surface area contributed by atoms with Crippen molar-refractivity contribution < 1.29 is 5.11 Å². The van der Waals surface area contributed by atoms with Crippen molar-refractivity contribution in [1.82, 2.24) is 4.98 Å². The molecule has 0 bridgehead atoms. The largest absolute Gasteiger partial charge is 0.391 e. The second-order valence-corrected chi connectivity index (χ2v) is 6.23. The SMILES string of the molecule is CCN(CC(C)C)c1nc(C2CC2)c(CO)s1. The number of hydrogen-bond donors (Lipinski definition) is 1. The summed E-state index contributed by atoms with van der Waals surface area (Å²) in [7, 11) is 0. The van der Waals surface area contributed by atoms with Gasteiger partial charge in [-0.1, -0.05) is 25.2 Å². The fourth-order valence-electron chi connectivity index (χ4n) is 2.06. The number of thiazole rings is 1. The predicted molar refractivity (Wildman–Crippen MR) is 72.7 cm³/mol. The van der Waals surface area contributed by atoms with Gasteiger partial charge in [-0.15, -0.1) is 0 Å². The molecule has 0 amide bonds. The smallest absolute Gasteiger partial charge is 0.185 e. The molecule has 1 saturated carbocycles. The Balaban J connectivity index is 2.18. The first-order valence-corrected chi connectivity index (χ1v) is 7.32. The first kappa shape index (κ1) is 12.8. The van der Waals surface area contributed by atoms with Crippen molar-refractivity contribution in [2.75, 3.05) is 18.0 Å². The zero-order valence-electron chi connectivity index (χ0n) is 10.9. The average molecular weight is 254 g/mol. The molecule has 1 aromatic rings. The number of aliphatic hydroxyl groups is 1. The van der Waals surface area contributed by atoms with Crippen LogP contribution in [-0.2, 0) is 6.61 Å². The summed E-state index contributed by atoms with van der Waals surface area (Å²) in [6.45, 7) is 8.79. The normalized spacial score (nSPS) is 15.6. The van der Waals surface area contributed by atoms with Gasteiger partial charge in [-0.3, -0.25) is 0 Å². The lowest BCUT2D eigenvalue weighted by Crippen LogP contribution is -2.27. The number of nitrogens with zero attached hydrogens (tertiary/aromatic N) is 2. The molecule has 96 valence electrons. The number of anilines is 1. The van der Waals surface area contributed by atoms with E-state index in [2.05, 4.69) is 25.7 Å². The van der Waals surface area contributed by atoms with Gasteiger partial charge in [0.25, 0.3) is 0 Å². The summed E-state index contributed by atoms with van der Waals surface area (Å²) >= 11 is 1.67. The Morgan fingerprint density at radius 2 is 2.18 bits per heavy atom. The second-order valence-electron chi connectivity index (χ2n) is 5.17. The van der Waals surface area contributed by atoms with Gasteiger partial charge >= 0.3 is 0 Å². The summed E-state index contributed by atoms with van der Waals surface area (Å²) in [4.78, 5) is 8.15. The van der Waals surface area contributed by atoms with Crippen LogP contribution in [-0.4, -0.2) is 23.2 Å². The van der Waals surface area contributed by atoms with Crippen molar-refractivity contribution >= 4 is 16.5 Å². The summed E-state index contributed by atoms with van der Waals surface area (Å²) in [6, 6.07) is 0. The van der Waals surface area contributed by atoms with Crippen LogP contribution < -0.4 is 4.90 Å². The lowest BCUT2D eigenvalue weighted by Gasteiger charge is -2.21. The van der Waals surface area contributed by atoms with Crippen molar-refractivity contribution in [3.63, 3.8) is 0 Å². The molecule has 0 spiro atoms. The maximum absolute atomic E-state index is 9.40. The van der Waals surface area contributed by atoms with E-state index in [1.54, 1.807) is 11.3 Å². The molecule has 1 heterocycles. The van der Waals surface area contributed by atoms with Crippen LogP contribution in [0.5, 0.6) is 0 Å². The maximum Gasteiger partial charge on any atom is 0.185 e. The van der Waals surface area contributed by atoms with Crippen molar-refractivity contribution in [2.24, 2.45) is 5.92 Å². The van der Waals surface area contributed by atoms with Crippen LogP contribution in [0.3, 0.4) is 0 Å². The minimum Gasteiger partial charge on any atom is -0.391 e. The van der Waals surface area contributed by atoms with E-state index >= 15 is 0 Å². The third-order valence-corrected chi connectivity index (χ3v) is 4.18. The standard InChI is InChI=1S/C13H22N2OS/c1-4-15(7-9(2)3)13-14-12(10-5-6-10)11(8-16)17-13/h9-10,16H,4-8H2,1-3H3. The first-order valence-electron chi connectivity index (χ1n) is 6.51. The highest BCUT2D eigenvalue weighted by molar-refractivity contribution is 7.15. The summed E-state index contributed by atoms with van der Waals surface area (Å²) in [5.74, 6) is 1.26. The molecule has 1 N–H and O–H groups in total. The zero-order valence-corrected chi connectivity index (χ0v) is 11.8. The summed E-state index contributed by atoms with van der Waals surface area (Å²) in [5.41, 5.74) is 1.16. The Hall–Kier alpha value is -0.610. The van der Waals surface area contributed by atoms with Crippen LogP contribution in [0.15, 0.2) is 0 Å². The molecule has 1 fully saturated rings. The highest BCUT2D eigenvalue weighted by Gasteiger charge is 2.30. The molecular formula is C13H22N2OS. The lowest BCUT2D eigenvalue weighted by atomic mass is 10.2. The summed E-state index contributed by atoms with van der Waals surface area (Å²) in [5, 5.41) is 10.5. The minimum atomic E-state index is 0.142. The van der Waals surface area contributed by atoms with E-state index in [1.807, 2.05) is 0 Å². The van der Waals surface area contributed by atoms with Crippen molar-refractivity contribution in [3.05, 3.63) is 10.6 Å². The molecule has 1 aromatic heterocycles. The number of aromatic nitrogens is 1.